The van der Waals surface area contributed by atoms with Crippen molar-refractivity contribution in [3.63, 3.8) is 0 Å². The van der Waals surface area contributed by atoms with Crippen molar-refractivity contribution in [3.8, 4) is 5.75 Å². The summed E-state index contributed by atoms with van der Waals surface area (Å²) < 4.78 is 5.80. The van der Waals surface area contributed by atoms with Crippen LogP contribution in [0.15, 0.2) is 48.5 Å². The first kappa shape index (κ1) is 15.3. The van der Waals surface area contributed by atoms with Gasteiger partial charge in [0.25, 0.3) is 5.91 Å². The SMILES string of the molecule is O=C(COC(=O)c1ccc(O)cc1)Nc1ccccc1I. The molecule has 108 valence electrons. The zero-order chi connectivity index (χ0) is 15.2. The van der Waals surface area contributed by atoms with E-state index in [1.165, 1.54) is 24.3 Å². The molecule has 0 aliphatic rings. The summed E-state index contributed by atoms with van der Waals surface area (Å²) in [5.41, 5.74) is 0.943. The molecule has 2 aromatic rings. The van der Waals surface area contributed by atoms with Crippen molar-refractivity contribution in [1.29, 1.82) is 0 Å². The molecule has 0 saturated carbocycles. The molecule has 0 atom stereocenters. The van der Waals surface area contributed by atoms with Gasteiger partial charge in [0.2, 0.25) is 0 Å². The number of rotatable bonds is 4. The second kappa shape index (κ2) is 7.07. The third-order valence-corrected chi connectivity index (χ3v) is 3.53. The predicted molar refractivity (Wildman–Crippen MR) is 86.2 cm³/mol. The van der Waals surface area contributed by atoms with Crippen LogP contribution in [0.5, 0.6) is 5.75 Å². The molecule has 5 nitrogen and oxygen atoms in total. The van der Waals surface area contributed by atoms with Gasteiger partial charge in [-0.15, -0.1) is 0 Å². The van der Waals surface area contributed by atoms with Gasteiger partial charge in [-0.05, 0) is 59.0 Å². The Bertz CT molecular complexity index is 655. The van der Waals surface area contributed by atoms with E-state index in [9.17, 15) is 9.59 Å². The van der Waals surface area contributed by atoms with E-state index in [-0.39, 0.29) is 17.9 Å². The molecule has 21 heavy (non-hydrogen) atoms. The molecule has 2 N–H and O–H groups in total. The first-order valence-electron chi connectivity index (χ1n) is 6.07. The average molecular weight is 397 g/mol. The maximum atomic E-state index is 11.7. The molecular formula is C15H12INO4. The van der Waals surface area contributed by atoms with Crippen molar-refractivity contribution in [2.24, 2.45) is 0 Å². The van der Waals surface area contributed by atoms with Crippen LogP contribution < -0.4 is 5.32 Å². The number of carbonyl (C=O) groups is 2. The van der Waals surface area contributed by atoms with Crippen LogP contribution in [-0.2, 0) is 9.53 Å². The van der Waals surface area contributed by atoms with E-state index in [0.717, 1.165) is 3.57 Å². The Morgan fingerprint density at radius 1 is 1.10 bits per heavy atom. The molecule has 0 heterocycles. The molecule has 0 radical (unpaired) electrons. The van der Waals surface area contributed by atoms with E-state index >= 15 is 0 Å². The van der Waals surface area contributed by atoms with Crippen LogP contribution >= 0.6 is 22.6 Å². The van der Waals surface area contributed by atoms with Crippen LogP contribution in [0.4, 0.5) is 5.69 Å². The number of ether oxygens (including phenoxy) is 1. The van der Waals surface area contributed by atoms with Crippen LogP contribution in [-0.4, -0.2) is 23.6 Å². The minimum absolute atomic E-state index is 0.0583. The molecule has 0 saturated heterocycles. The van der Waals surface area contributed by atoms with Crippen LogP contribution in [0, 0.1) is 3.57 Å². The Hall–Kier alpha value is -2.09. The average Bonchev–Trinajstić information content (AvgIpc) is 2.48. The standard InChI is InChI=1S/C15H12INO4/c16-12-3-1-2-4-13(12)17-14(19)9-21-15(20)10-5-7-11(18)8-6-10/h1-8,18H,9H2,(H,17,19). The van der Waals surface area contributed by atoms with E-state index < -0.39 is 11.9 Å². The normalized spacial score (nSPS) is 9.95. The number of esters is 1. The molecule has 2 aromatic carbocycles. The lowest BCUT2D eigenvalue weighted by Crippen LogP contribution is -2.21. The van der Waals surface area contributed by atoms with E-state index in [1.54, 1.807) is 12.1 Å². The number of aromatic hydroxyl groups is 1. The Balaban J connectivity index is 1.88. The van der Waals surface area contributed by atoms with Crippen molar-refractivity contribution in [3.05, 3.63) is 57.7 Å². The van der Waals surface area contributed by atoms with Crippen molar-refractivity contribution in [2.75, 3.05) is 11.9 Å². The highest BCUT2D eigenvalue weighted by Crippen LogP contribution is 2.16. The zero-order valence-corrected chi connectivity index (χ0v) is 13.0. The Morgan fingerprint density at radius 2 is 1.76 bits per heavy atom. The molecule has 0 fully saturated rings. The summed E-state index contributed by atoms with van der Waals surface area (Å²) in [5, 5.41) is 11.8. The summed E-state index contributed by atoms with van der Waals surface area (Å²) in [6.45, 7) is -0.370. The van der Waals surface area contributed by atoms with Crippen molar-refractivity contribution < 1.29 is 19.4 Å². The molecule has 0 aromatic heterocycles. The number of hydrogen-bond acceptors (Lipinski definition) is 4. The van der Waals surface area contributed by atoms with Crippen LogP contribution in [0.1, 0.15) is 10.4 Å². The van der Waals surface area contributed by atoms with Gasteiger partial charge in [0.1, 0.15) is 5.75 Å². The lowest BCUT2D eigenvalue weighted by atomic mass is 10.2. The molecule has 0 unspecified atom stereocenters. The molecule has 1 amide bonds. The highest BCUT2D eigenvalue weighted by molar-refractivity contribution is 14.1. The second-order valence-electron chi connectivity index (χ2n) is 4.15. The molecule has 2 rings (SSSR count). The van der Waals surface area contributed by atoms with E-state index in [2.05, 4.69) is 27.9 Å². The number of carbonyl (C=O) groups excluding carboxylic acids is 2. The minimum atomic E-state index is -0.618. The lowest BCUT2D eigenvalue weighted by molar-refractivity contribution is -0.119. The summed E-state index contributed by atoms with van der Waals surface area (Å²) in [6, 6.07) is 12.9. The first-order valence-corrected chi connectivity index (χ1v) is 7.14. The molecule has 6 heteroatoms. The van der Waals surface area contributed by atoms with E-state index in [0.29, 0.717) is 5.69 Å². The van der Waals surface area contributed by atoms with Gasteiger partial charge in [-0.3, -0.25) is 4.79 Å². The highest BCUT2D eigenvalue weighted by Gasteiger charge is 2.11. The third-order valence-electron chi connectivity index (χ3n) is 2.59. The maximum absolute atomic E-state index is 11.7. The van der Waals surface area contributed by atoms with Gasteiger partial charge in [0.05, 0.1) is 11.3 Å². The predicted octanol–water partition coefficient (Wildman–Crippen LogP) is 2.79. The number of benzene rings is 2. The van der Waals surface area contributed by atoms with Gasteiger partial charge < -0.3 is 15.2 Å². The fraction of sp³-hybridized carbons (Fsp3) is 0.0667. The van der Waals surface area contributed by atoms with Crippen molar-refractivity contribution in [1.82, 2.24) is 0 Å². The number of phenolic OH excluding ortho intramolecular Hbond substituents is 1. The number of nitrogens with one attached hydrogen (secondary N) is 1. The van der Waals surface area contributed by atoms with Gasteiger partial charge >= 0.3 is 5.97 Å². The Labute approximate surface area is 135 Å². The number of halogens is 1. The number of anilines is 1. The summed E-state index contributed by atoms with van der Waals surface area (Å²) in [5.74, 6) is -0.970. The van der Waals surface area contributed by atoms with E-state index in [4.69, 9.17) is 9.84 Å². The van der Waals surface area contributed by atoms with Gasteiger partial charge in [-0.1, -0.05) is 12.1 Å². The summed E-state index contributed by atoms with van der Waals surface area (Å²) >= 11 is 2.10. The van der Waals surface area contributed by atoms with Crippen molar-refractivity contribution >= 4 is 40.2 Å². The van der Waals surface area contributed by atoms with Gasteiger partial charge in [-0.2, -0.15) is 0 Å². The molecule has 0 aliphatic carbocycles. The van der Waals surface area contributed by atoms with Crippen molar-refractivity contribution in [2.45, 2.75) is 0 Å². The van der Waals surface area contributed by atoms with Gasteiger partial charge in [0, 0.05) is 3.57 Å². The topological polar surface area (TPSA) is 75.6 Å². The largest absolute Gasteiger partial charge is 0.508 e. The monoisotopic (exact) mass is 397 g/mol. The van der Waals surface area contributed by atoms with Gasteiger partial charge in [0.15, 0.2) is 6.61 Å². The van der Waals surface area contributed by atoms with Crippen LogP contribution in [0.25, 0.3) is 0 Å². The quantitative estimate of drug-likeness (QED) is 0.615. The Morgan fingerprint density at radius 3 is 2.43 bits per heavy atom. The molecule has 0 spiro atoms. The van der Waals surface area contributed by atoms with Crippen LogP contribution in [0.3, 0.4) is 0 Å². The Kier molecular flexibility index (Phi) is 5.15. The summed E-state index contributed by atoms with van der Waals surface area (Å²) in [4.78, 5) is 23.4. The number of hydrogen-bond donors (Lipinski definition) is 2. The first-order chi connectivity index (χ1) is 10.1. The number of phenols is 1. The van der Waals surface area contributed by atoms with Gasteiger partial charge in [-0.25, -0.2) is 4.79 Å². The fourth-order valence-corrected chi connectivity index (χ4v) is 2.08. The fourth-order valence-electron chi connectivity index (χ4n) is 1.56. The third kappa shape index (κ3) is 4.45. The zero-order valence-electron chi connectivity index (χ0n) is 10.9. The number of para-hydroxylation sites is 1. The molecular weight excluding hydrogens is 385 g/mol. The molecule has 0 bridgehead atoms. The second-order valence-corrected chi connectivity index (χ2v) is 5.31. The van der Waals surface area contributed by atoms with Crippen LogP contribution in [0.2, 0.25) is 0 Å². The number of amides is 1. The minimum Gasteiger partial charge on any atom is -0.508 e. The maximum Gasteiger partial charge on any atom is 0.338 e. The summed E-state index contributed by atoms with van der Waals surface area (Å²) in [6.07, 6.45) is 0. The highest BCUT2D eigenvalue weighted by atomic mass is 127. The molecule has 0 aliphatic heterocycles. The summed E-state index contributed by atoms with van der Waals surface area (Å²) in [7, 11) is 0. The van der Waals surface area contributed by atoms with E-state index in [1.807, 2.05) is 12.1 Å². The smallest absolute Gasteiger partial charge is 0.338 e. The lowest BCUT2D eigenvalue weighted by Gasteiger charge is -2.08.